The van der Waals surface area contributed by atoms with E-state index in [1.54, 1.807) is 18.3 Å². The molecule has 0 radical (unpaired) electrons. The van der Waals surface area contributed by atoms with Crippen LogP contribution in [0.3, 0.4) is 0 Å². The molecule has 1 N–H and O–H groups in total. The number of rotatable bonds is 7. The quantitative estimate of drug-likeness (QED) is 0.517. The number of aromatic nitrogens is 1. The van der Waals surface area contributed by atoms with Gasteiger partial charge in [0.05, 0.1) is 16.1 Å². The van der Waals surface area contributed by atoms with Gasteiger partial charge in [0.2, 0.25) is 0 Å². The molecule has 1 unspecified atom stereocenters. The van der Waals surface area contributed by atoms with E-state index >= 15 is 0 Å². The first-order valence-corrected chi connectivity index (χ1v) is 8.37. The molecule has 1 heterocycles. The van der Waals surface area contributed by atoms with Gasteiger partial charge in [-0.25, -0.2) is 9.37 Å². The first-order chi connectivity index (χ1) is 10.0. The van der Waals surface area contributed by atoms with Gasteiger partial charge in [-0.05, 0) is 44.4 Å². The smallest absolute Gasteiger partial charge is 0.177 e. The number of hydrogen-bond acceptors (Lipinski definition) is 3. The van der Waals surface area contributed by atoms with Crippen molar-refractivity contribution in [1.82, 2.24) is 4.98 Å². The molecule has 1 atom stereocenters. The molecule has 0 bridgehead atoms. The average Bonchev–Trinajstić information content (AvgIpc) is 2.86. The minimum Gasteiger partial charge on any atom is -0.354 e. The number of unbranched alkanes of at least 4 members (excludes halogenated alkanes) is 2. The zero-order valence-corrected chi connectivity index (χ0v) is 13.8. The van der Waals surface area contributed by atoms with Crippen LogP contribution in [0, 0.1) is 6.92 Å². The van der Waals surface area contributed by atoms with E-state index < -0.39 is 5.79 Å². The molecule has 0 saturated heterocycles. The number of benzene rings is 1. The Balaban J connectivity index is 2.01. The lowest BCUT2D eigenvalue weighted by Crippen LogP contribution is -2.28. The van der Waals surface area contributed by atoms with Crippen LogP contribution >= 0.6 is 11.3 Å². The molecule has 1 aromatic heterocycles. The van der Waals surface area contributed by atoms with Gasteiger partial charge in [0.1, 0.15) is 0 Å². The zero-order chi connectivity index (χ0) is 15.3. The Kier molecular flexibility index (Phi) is 5.34. The summed E-state index contributed by atoms with van der Waals surface area (Å²) in [5.41, 5.74) is 4.84. The van der Waals surface area contributed by atoms with Crippen molar-refractivity contribution in [3.8, 4) is 10.4 Å². The first kappa shape index (κ1) is 16.0. The maximum atomic E-state index is 14.4. The third-order valence-corrected chi connectivity index (χ3v) is 4.53. The highest BCUT2D eigenvalue weighted by molar-refractivity contribution is 7.13. The van der Waals surface area contributed by atoms with Crippen LogP contribution in [0.4, 0.5) is 10.1 Å². The second-order valence-electron chi connectivity index (χ2n) is 5.62. The van der Waals surface area contributed by atoms with Gasteiger partial charge in [-0.15, -0.1) is 11.3 Å². The van der Waals surface area contributed by atoms with Crippen LogP contribution in [-0.2, 0) is 0 Å². The lowest BCUT2D eigenvalue weighted by atomic mass is 10.1. The van der Waals surface area contributed by atoms with E-state index in [-0.39, 0.29) is 0 Å². The van der Waals surface area contributed by atoms with Crippen molar-refractivity contribution in [3.05, 3.63) is 35.5 Å². The van der Waals surface area contributed by atoms with Gasteiger partial charge in [-0.2, -0.15) is 0 Å². The molecule has 0 aliphatic heterocycles. The molecule has 2 rings (SSSR count). The number of halogens is 1. The van der Waals surface area contributed by atoms with E-state index in [2.05, 4.69) is 17.2 Å². The maximum absolute atomic E-state index is 14.4. The minimum absolute atomic E-state index is 0.538. The van der Waals surface area contributed by atoms with Crippen molar-refractivity contribution in [2.75, 3.05) is 5.32 Å². The van der Waals surface area contributed by atoms with E-state index in [1.165, 1.54) is 4.88 Å². The maximum Gasteiger partial charge on any atom is 0.177 e. The topological polar surface area (TPSA) is 24.9 Å². The van der Waals surface area contributed by atoms with Crippen LogP contribution in [-0.4, -0.2) is 10.8 Å². The van der Waals surface area contributed by atoms with Crippen molar-refractivity contribution < 1.29 is 4.39 Å². The highest BCUT2D eigenvalue weighted by Gasteiger charge is 2.21. The Hall–Kier alpha value is -1.42. The number of aryl methyl sites for hydroxylation is 1. The van der Waals surface area contributed by atoms with Crippen LogP contribution in [0.15, 0.2) is 29.8 Å². The van der Waals surface area contributed by atoms with Crippen molar-refractivity contribution >= 4 is 17.0 Å². The normalized spacial score (nSPS) is 13.9. The fourth-order valence-corrected chi connectivity index (χ4v) is 3.17. The summed E-state index contributed by atoms with van der Waals surface area (Å²) in [6.45, 7) is 5.75. The number of nitrogens with one attached hydrogen (secondary N) is 1. The molecule has 0 aliphatic rings. The molecule has 4 heteroatoms. The largest absolute Gasteiger partial charge is 0.354 e. The number of alkyl halides is 1. The third kappa shape index (κ3) is 4.53. The third-order valence-electron chi connectivity index (χ3n) is 3.55. The predicted octanol–water partition coefficient (Wildman–Crippen LogP) is 5.80. The van der Waals surface area contributed by atoms with Gasteiger partial charge in [0.15, 0.2) is 5.79 Å². The van der Waals surface area contributed by atoms with Crippen molar-refractivity contribution in [2.24, 2.45) is 0 Å². The van der Waals surface area contributed by atoms with Crippen molar-refractivity contribution in [3.63, 3.8) is 0 Å². The summed E-state index contributed by atoms with van der Waals surface area (Å²) in [5.74, 6) is -1.35. The summed E-state index contributed by atoms with van der Waals surface area (Å²) in [5, 5.41) is 2.99. The first-order valence-electron chi connectivity index (χ1n) is 7.49. The highest BCUT2D eigenvalue weighted by Crippen LogP contribution is 2.29. The van der Waals surface area contributed by atoms with Crippen LogP contribution in [0.1, 0.15) is 45.2 Å². The molecule has 2 aromatic rings. The predicted molar refractivity (Wildman–Crippen MR) is 89.6 cm³/mol. The molecule has 0 amide bonds. The molecule has 1 aromatic carbocycles. The van der Waals surface area contributed by atoms with E-state index in [9.17, 15) is 4.39 Å². The SMILES string of the molecule is CCCCCC(C)(F)Nc1ccc(-c2scnc2C)cc1. The molecular weight excluding hydrogens is 283 g/mol. The molecular formula is C17H23FN2S. The van der Waals surface area contributed by atoms with Gasteiger partial charge in [-0.1, -0.05) is 31.9 Å². The monoisotopic (exact) mass is 306 g/mol. The van der Waals surface area contributed by atoms with Crippen LogP contribution in [0.25, 0.3) is 10.4 Å². The molecule has 21 heavy (non-hydrogen) atoms. The molecule has 0 fully saturated rings. The van der Waals surface area contributed by atoms with Gasteiger partial charge in [-0.3, -0.25) is 0 Å². The lowest BCUT2D eigenvalue weighted by molar-refractivity contribution is 0.207. The summed E-state index contributed by atoms with van der Waals surface area (Å²) in [7, 11) is 0. The van der Waals surface area contributed by atoms with Crippen molar-refractivity contribution in [2.45, 2.75) is 52.2 Å². The summed E-state index contributed by atoms with van der Waals surface area (Å²) in [6.07, 6.45) is 3.63. The van der Waals surface area contributed by atoms with Gasteiger partial charge >= 0.3 is 0 Å². The Morgan fingerprint density at radius 2 is 1.95 bits per heavy atom. The standard InChI is InChI=1S/C17H23FN2S/c1-4-5-6-11-17(3,18)20-15-9-7-14(8-10-15)16-13(2)19-12-21-16/h7-10,12,20H,4-6,11H2,1-3H3. The zero-order valence-electron chi connectivity index (χ0n) is 12.9. The van der Waals surface area contributed by atoms with E-state index in [0.717, 1.165) is 36.2 Å². The van der Waals surface area contributed by atoms with E-state index in [0.29, 0.717) is 6.42 Å². The fraction of sp³-hybridized carbons (Fsp3) is 0.471. The summed E-state index contributed by atoms with van der Waals surface area (Å²) < 4.78 is 14.4. The summed E-state index contributed by atoms with van der Waals surface area (Å²) in [6, 6.07) is 7.91. The molecule has 0 saturated carbocycles. The lowest BCUT2D eigenvalue weighted by Gasteiger charge is -2.23. The van der Waals surface area contributed by atoms with E-state index in [4.69, 9.17) is 0 Å². The number of anilines is 1. The molecule has 114 valence electrons. The summed E-state index contributed by atoms with van der Waals surface area (Å²) in [4.78, 5) is 5.43. The van der Waals surface area contributed by atoms with E-state index in [1.807, 2.05) is 36.7 Å². The molecule has 0 spiro atoms. The number of nitrogens with zero attached hydrogens (tertiary/aromatic N) is 1. The fourth-order valence-electron chi connectivity index (χ4n) is 2.35. The Morgan fingerprint density at radius 1 is 1.24 bits per heavy atom. The van der Waals surface area contributed by atoms with Crippen LogP contribution in [0.5, 0.6) is 0 Å². The molecule has 0 aliphatic carbocycles. The average molecular weight is 306 g/mol. The van der Waals surface area contributed by atoms with Crippen LogP contribution < -0.4 is 5.32 Å². The van der Waals surface area contributed by atoms with Crippen molar-refractivity contribution in [1.29, 1.82) is 0 Å². The Labute approximate surface area is 130 Å². The van der Waals surface area contributed by atoms with Gasteiger partial charge in [0.25, 0.3) is 0 Å². The van der Waals surface area contributed by atoms with Gasteiger partial charge < -0.3 is 5.32 Å². The summed E-state index contributed by atoms with van der Waals surface area (Å²) >= 11 is 1.63. The number of thiazole rings is 1. The van der Waals surface area contributed by atoms with Crippen LogP contribution in [0.2, 0.25) is 0 Å². The Bertz CT molecular complexity index is 560. The van der Waals surface area contributed by atoms with Gasteiger partial charge in [0, 0.05) is 5.69 Å². The molecule has 2 nitrogen and oxygen atoms in total. The highest BCUT2D eigenvalue weighted by atomic mass is 32.1. The minimum atomic E-state index is -1.35. The second-order valence-corrected chi connectivity index (χ2v) is 6.48. The second kappa shape index (κ2) is 7.03. The number of hydrogen-bond donors (Lipinski definition) is 1. The Morgan fingerprint density at radius 3 is 2.52 bits per heavy atom.